The summed E-state index contributed by atoms with van der Waals surface area (Å²) >= 11 is 1.59. The Labute approximate surface area is 198 Å². The molecule has 3 aromatic rings. The maximum atomic E-state index is 13.2. The second-order valence-corrected chi connectivity index (χ2v) is 10.5. The quantitative estimate of drug-likeness (QED) is 0.532. The van der Waals surface area contributed by atoms with Crippen molar-refractivity contribution < 1.29 is 17.9 Å². The van der Waals surface area contributed by atoms with Gasteiger partial charge in [-0.25, -0.2) is 13.4 Å². The van der Waals surface area contributed by atoms with Gasteiger partial charge in [-0.2, -0.15) is 0 Å². The number of rotatable bonds is 6. The number of carbonyl (C=O) groups is 1. The molecule has 2 aromatic carbocycles. The molecule has 0 saturated carbocycles. The number of carbonyl (C=O) groups excluding carboxylic acids is 1. The molecule has 2 heterocycles. The van der Waals surface area contributed by atoms with Gasteiger partial charge in [-0.05, 0) is 48.9 Å². The van der Waals surface area contributed by atoms with E-state index in [2.05, 4.69) is 9.88 Å². The van der Waals surface area contributed by atoms with Crippen LogP contribution in [0, 0.1) is 0 Å². The van der Waals surface area contributed by atoms with E-state index >= 15 is 0 Å². The fraction of sp³-hybridized carbons (Fsp3) is 0.304. The Morgan fingerprint density at radius 3 is 2.58 bits per heavy atom. The van der Waals surface area contributed by atoms with Gasteiger partial charge in [0.25, 0.3) is 15.9 Å². The van der Waals surface area contributed by atoms with Crippen LogP contribution < -0.4 is 13.9 Å². The highest BCUT2D eigenvalue weighted by Crippen LogP contribution is 2.25. The molecule has 0 atom stereocenters. The standard InChI is InChI=1S/C23H26N4O4S2/c1-25(19-7-9-20(31-2)10-8-19)33(29,30)21-6-3-5-18(17-21)22(28)26-12-4-13-27(15-14-26)23-24-11-16-32-23/h3,5-11,16-17H,4,12-15H2,1-2H3. The fourth-order valence-corrected chi connectivity index (χ4v) is 5.68. The topological polar surface area (TPSA) is 83.0 Å². The van der Waals surface area contributed by atoms with Crippen LogP contribution in [0.1, 0.15) is 16.8 Å². The molecule has 1 aromatic heterocycles. The molecule has 0 spiro atoms. The summed E-state index contributed by atoms with van der Waals surface area (Å²) in [6.45, 7) is 2.69. The van der Waals surface area contributed by atoms with Gasteiger partial charge in [0, 0.05) is 50.4 Å². The molecular weight excluding hydrogens is 460 g/mol. The second kappa shape index (κ2) is 9.80. The van der Waals surface area contributed by atoms with Crippen LogP contribution >= 0.6 is 11.3 Å². The Hall–Kier alpha value is -3.11. The van der Waals surface area contributed by atoms with E-state index < -0.39 is 10.0 Å². The lowest BCUT2D eigenvalue weighted by molar-refractivity contribution is 0.0766. The van der Waals surface area contributed by atoms with Gasteiger partial charge in [0.1, 0.15) is 5.75 Å². The van der Waals surface area contributed by atoms with Crippen molar-refractivity contribution in [3.8, 4) is 5.75 Å². The molecule has 1 amide bonds. The Balaban J connectivity index is 1.51. The number of nitrogens with zero attached hydrogens (tertiary/aromatic N) is 4. The van der Waals surface area contributed by atoms with E-state index in [1.807, 2.05) is 5.38 Å². The number of benzene rings is 2. The van der Waals surface area contributed by atoms with Crippen molar-refractivity contribution in [1.29, 1.82) is 0 Å². The van der Waals surface area contributed by atoms with Crippen molar-refractivity contribution in [3.63, 3.8) is 0 Å². The molecule has 1 saturated heterocycles. The third-order valence-electron chi connectivity index (χ3n) is 5.65. The summed E-state index contributed by atoms with van der Waals surface area (Å²) < 4.78 is 32.8. The third-order valence-corrected chi connectivity index (χ3v) is 8.26. The van der Waals surface area contributed by atoms with Gasteiger partial charge < -0.3 is 14.5 Å². The molecule has 0 radical (unpaired) electrons. The molecule has 8 nitrogen and oxygen atoms in total. The van der Waals surface area contributed by atoms with E-state index in [-0.39, 0.29) is 10.8 Å². The zero-order chi connectivity index (χ0) is 23.4. The Morgan fingerprint density at radius 2 is 1.88 bits per heavy atom. The number of aromatic nitrogens is 1. The zero-order valence-electron chi connectivity index (χ0n) is 18.5. The Morgan fingerprint density at radius 1 is 1.09 bits per heavy atom. The van der Waals surface area contributed by atoms with Crippen molar-refractivity contribution >= 4 is 38.1 Å². The van der Waals surface area contributed by atoms with Gasteiger partial charge in [0.05, 0.1) is 17.7 Å². The second-order valence-electron chi connectivity index (χ2n) is 7.65. The summed E-state index contributed by atoms with van der Waals surface area (Å²) in [5, 5.41) is 2.90. The van der Waals surface area contributed by atoms with Crippen LogP contribution in [-0.2, 0) is 10.0 Å². The summed E-state index contributed by atoms with van der Waals surface area (Å²) in [7, 11) is -0.789. The molecule has 10 heteroatoms. The first-order valence-electron chi connectivity index (χ1n) is 10.6. The smallest absolute Gasteiger partial charge is 0.264 e. The molecule has 4 rings (SSSR count). The molecule has 0 N–H and O–H groups in total. The minimum absolute atomic E-state index is 0.0749. The normalized spacial score (nSPS) is 14.6. The van der Waals surface area contributed by atoms with Crippen molar-refractivity contribution in [1.82, 2.24) is 9.88 Å². The number of amides is 1. The highest BCUT2D eigenvalue weighted by molar-refractivity contribution is 7.92. The minimum atomic E-state index is -3.84. The maximum Gasteiger partial charge on any atom is 0.264 e. The molecule has 1 aliphatic heterocycles. The SMILES string of the molecule is COc1ccc(N(C)S(=O)(=O)c2cccc(C(=O)N3CCCN(c4nccs4)CC3)c2)cc1. The predicted molar refractivity (Wildman–Crippen MR) is 130 cm³/mol. The zero-order valence-corrected chi connectivity index (χ0v) is 20.2. The van der Waals surface area contributed by atoms with Crippen molar-refractivity contribution in [2.45, 2.75) is 11.3 Å². The van der Waals surface area contributed by atoms with Crippen LogP contribution in [0.5, 0.6) is 5.75 Å². The first kappa shape index (κ1) is 23.1. The van der Waals surface area contributed by atoms with Gasteiger partial charge >= 0.3 is 0 Å². The molecule has 0 aliphatic carbocycles. The average molecular weight is 487 g/mol. The van der Waals surface area contributed by atoms with E-state index in [9.17, 15) is 13.2 Å². The third kappa shape index (κ3) is 4.96. The van der Waals surface area contributed by atoms with Gasteiger partial charge in [0.15, 0.2) is 5.13 Å². The molecule has 0 bridgehead atoms. The number of thiazole rings is 1. The number of hydrogen-bond donors (Lipinski definition) is 0. The van der Waals surface area contributed by atoms with E-state index in [1.165, 1.54) is 23.5 Å². The molecule has 33 heavy (non-hydrogen) atoms. The van der Waals surface area contributed by atoms with Crippen molar-refractivity contribution in [3.05, 3.63) is 65.7 Å². The molecule has 1 aliphatic rings. The summed E-state index contributed by atoms with van der Waals surface area (Å²) in [4.78, 5) is 21.6. The number of methoxy groups -OCH3 is 1. The number of ether oxygens (including phenoxy) is 1. The summed E-state index contributed by atoms with van der Waals surface area (Å²) in [5.74, 6) is 0.475. The lowest BCUT2D eigenvalue weighted by Crippen LogP contribution is -2.35. The van der Waals surface area contributed by atoms with Gasteiger partial charge in [-0.3, -0.25) is 9.10 Å². The maximum absolute atomic E-state index is 13.2. The molecule has 0 unspecified atom stereocenters. The van der Waals surface area contributed by atoms with E-state index in [0.29, 0.717) is 36.6 Å². The van der Waals surface area contributed by atoms with Gasteiger partial charge in [-0.15, -0.1) is 11.3 Å². The van der Waals surface area contributed by atoms with Crippen molar-refractivity contribution in [2.75, 3.05) is 49.5 Å². The molecular formula is C23H26N4O4S2. The van der Waals surface area contributed by atoms with Crippen molar-refractivity contribution in [2.24, 2.45) is 0 Å². The fourth-order valence-electron chi connectivity index (χ4n) is 3.75. The average Bonchev–Trinajstić information content (AvgIpc) is 3.28. The number of sulfonamides is 1. The highest BCUT2D eigenvalue weighted by atomic mass is 32.2. The summed E-state index contributed by atoms with van der Waals surface area (Å²) in [5.41, 5.74) is 0.865. The Bertz CT molecular complexity index is 1200. The summed E-state index contributed by atoms with van der Waals surface area (Å²) in [6.07, 6.45) is 2.60. The minimum Gasteiger partial charge on any atom is -0.497 e. The monoisotopic (exact) mass is 486 g/mol. The van der Waals surface area contributed by atoms with Crippen LogP contribution in [-0.4, -0.2) is 64.5 Å². The van der Waals surface area contributed by atoms with E-state index in [0.717, 1.165) is 18.1 Å². The summed E-state index contributed by atoms with van der Waals surface area (Å²) in [6, 6.07) is 13.0. The lowest BCUT2D eigenvalue weighted by Gasteiger charge is -2.23. The van der Waals surface area contributed by atoms with Gasteiger partial charge in [0.2, 0.25) is 0 Å². The van der Waals surface area contributed by atoms with Crippen LogP contribution in [0.3, 0.4) is 0 Å². The first-order valence-corrected chi connectivity index (χ1v) is 12.9. The predicted octanol–water partition coefficient (Wildman–Crippen LogP) is 3.33. The van der Waals surface area contributed by atoms with Crippen LogP contribution in [0.15, 0.2) is 65.0 Å². The highest BCUT2D eigenvalue weighted by Gasteiger charge is 2.25. The van der Waals surface area contributed by atoms with E-state index in [1.54, 1.807) is 65.9 Å². The largest absolute Gasteiger partial charge is 0.497 e. The lowest BCUT2D eigenvalue weighted by atomic mass is 10.2. The van der Waals surface area contributed by atoms with Crippen LogP contribution in [0.4, 0.5) is 10.8 Å². The van der Waals surface area contributed by atoms with Crippen LogP contribution in [0.2, 0.25) is 0 Å². The van der Waals surface area contributed by atoms with Gasteiger partial charge in [-0.1, -0.05) is 6.07 Å². The van der Waals surface area contributed by atoms with E-state index in [4.69, 9.17) is 4.74 Å². The Kier molecular flexibility index (Phi) is 6.85. The molecule has 1 fully saturated rings. The van der Waals surface area contributed by atoms with Crippen LogP contribution in [0.25, 0.3) is 0 Å². The molecule has 174 valence electrons. The first-order chi connectivity index (χ1) is 15.9. The number of anilines is 2. The number of hydrogen-bond acceptors (Lipinski definition) is 7.